The maximum atomic E-state index is 12.1. The van der Waals surface area contributed by atoms with Crippen LogP contribution in [0.5, 0.6) is 0 Å². The Balaban J connectivity index is 1.87. The van der Waals surface area contributed by atoms with Crippen molar-refractivity contribution in [2.24, 2.45) is 11.7 Å². The highest BCUT2D eigenvalue weighted by atomic mass is 32.1. The molecule has 0 aliphatic heterocycles. The molecule has 1 amide bonds. The van der Waals surface area contributed by atoms with Crippen LogP contribution in [0, 0.1) is 19.8 Å². The van der Waals surface area contributed by atoms with E-state index in [4.69, 9.17) is 5.73 Å². The molecule has 0 aromatic carbocycles. The maximum absolute atomic E-state index is 12.1. The van der Waals surface area contributed by atoms with Crippen molar-refractivity contribution in [3.63, 3.8) is 0 Å². The fourth-order valence-corrected chi connectivity index (χ4v) is 3.52. The van der Waals surface area contributed by atoms with Gasteiger partial charge in [0, 0.05) is 15.8 Å². The Morgan fingerprint density at radius 1 is 1.44 bits per heavy atom. The summed E-state index contributed by atoms with van der Waals surface area (Å²) in [6.07, 6.45) is 4.21. The Bertz CT molecular complexity index is 408. The topological polar surface area (TPSA) is 55.1 Å². The highest BCUT2D eigenvalue weighted by molar-refractivity contribution is 7.12. The maximum Gasteiger partial charge on any atom is 0.224 e. The van der Waals surface area contributed by atoms with Crippen molar-refractivity contribution in [1.29, 1.82) is 0 Å². The third-order valence-corrected chi connectivity index (χ3v) is 4.96. The number of nitrogens with one attached hydrogen (secondary N) is 1. The van der Waals surface area contributed by atoms with E-state index in [1.807, 2.05) is 0 Å². The van der Waals surface area contributed by atoms with Crippen LogP contribution in [0.4, 0.5) is 0 Å². The van der Waals surface area contributed by atoms with Gasteiger partial charge in [0.15, 0.2) is 0 Å². The summed E-state index contributed by atoms with van der Waals surface area (Å²) < 4.78 is 0. The molecule has 0 spiro atoms. The molecular weight excluding hydrogens is 244 g/mol. The zero-order valence-corrected chi connectivity index (χ0v) is 12.0. The second kappa shape index (κ2) is 5.85. The Morgan fingerprint density at radius 3 is 2.78 bits per heavy atom. The molecule has 2 rings (SSSR count). The highest BCUT2D eigenvalue weighted by Gasteiger charge is 2.27. The largest absolute Gasteiger partial charge is 0.351 e. The van der Waals surface area contributed by atoms with Gasteiger partial charge in [0.2, 0.25) is 5.91 Å². The summed E-state index contributed by atoms with van der Waals surface area (Å²) >= 11 is 1.76. The molecule has 2 atom stereocenters. The van der Waals surface area contributed by atoms with Gasteiger partial charge in [-0.05, 0) is 38.3 Å². The van der Waals surface area contributed by atoms with E-state index in [1.54, 1.807) is 11.3 Å². The van der Waals surface area contributed by atoms with Gasteiger partial charge in [-0.25, -0.2) is 0 Å². The molecule has 0 radical (unpaired) electrons. The van der Waals surface area contributed by atoms with E-state index in [-0.39, 0.29) is 17.9 Å². The lowest BCUT2D eigenvalue weighted by Crippen LogP contribution is -2.43. The molecule has 2 unspecified atom stereocenters. The summed E-state index contributed by atoms with van der Waals surface area (Å²) in [7, 11) is 0. The summed E-state index contributed by atoms with van der Waals surface area (Å²) in [5.74, 6) is 0.145. The van der Waals surface area contributed by atoms with Crippen LogP contribution in [0.1, 0.15) is 41.0 Å². The first-order chi connectivity index (χ1) is 8.58. The number of aryl methyl sites for hydroxylation is 2. The standard InChI is InChI=1S/C14H22N2OS/c1-9-7-11(18-10(9)2)8-16-14(17)12-5-3-4-6-13(12)15/h7,12-13H,3-6,8,15H2,1-2H3,(H,16,17). The predicted octanol–water partition coefficient (Wildman–Crippen LogP) is 2.50. The third kappa shape index (κ3) is 3.12. The average molecular weight is 266 g/mol. The minimum absolute atomic E-state index is 0.0147. The molecule has 18 heavy (non-hydrogen) atoms. The third-order valence-electron chi connectivity index (χ3n) is 3.81. The Kier molecular flexibility index (Phi) is 4.40. The van der Waals surface area contributed by atoms with Gasteiger partial charge in [0.1, 0.15) is 0 Å². The molecule has 3 nitrogen and oxygen atoms in total. The first-order valence-corrected chi connectivity index (χ1v) is 7.49. The lowest BCUT2D eigenvalue weighted by atomic mass is 9.84. The molecule has 0 bridgehead atoms. The van der Waals surface area contributed by atoms with E-state index < -0.39 is 0 Å². The Hall–Kier alpha value is -0.870. The van der Waals surface area contributed by atoms with Gasteiger partial charge >= 0.3 is 0 Å². The number of carbonyl (C=O) groups is 1. The second-order valence-corrected chi connectivity index (χ2v) is 6.57. The van der Waals surface area contributed by atoms with Crippen molar-refractivity contribution in [2.75, 3.05) is 0 Å². The predicted molar refractivity (Wildman–Crippen MR) is 75.6 cm³/mol. The van der Waals surface area contributed by atoms with Crippen molar-refractivity contribution in [2.45, 2.75) is 52.1 Å². The fourth-order valence-electron chi connectivity index (χ4n) is 2.53. The van der Waals surface area contributed by atoms with Crippen molar-refractivity contribution >= 4 is 17.2 Å². The quantitative estimate of drug-likeness (QED) is 0.883. The molecule has 3 N–H and O–H groups in total. The van der Waals surface area contributed by atoms with E-state index in [0.717, 1.165) is 25.7 Å². The summed E-state index contributed by atoms with van der Waals surface area (Å²) in [4.78, 5) is 14.6. The first kappa shape index (κ1) is 13.6. The van der Waals surface area contributed by atoms with Crippen LogP contribution in [0.15, 0.2) is 6.07 Å². The van der Waals surface area contributed by atoms with E-state index in [2.05, 4.69) is 25.2 Å². The molecule has 1 aliphatic rings. The number of amides is 1. The van der Waals surface area contributed by atoms with Crippen LogP contribution in [-0.4, -0.2) is 11.9 Å². The summed E-state index contributed by atoms with van der Waals surface area (Å²) in [6, 6.07) is 2.20. The van der Waals surface area contributed by atoms with Gasteiger partial charge < -0.3 is 11.1 Å². The number of carbonyl (C=O) groups excluding carboxylic acids is 1. The van der Waals surface area contributed by atoms with Crippen LogP contribution in [-0.2, 0) is 11.3 Å². The van der Waals surface area contributed by atoms with Crippen molar-refractivity contribution in [3.8, 4) is 0 Å². The van der Waals surface area contributed by atoms with Crippen molar-refractivity contribution in [1.82, 2.24) is 5.32 Å². The highest BCUT2D eigenvalue weighted by Crippen LogP contribution is 2.24. The van der Waals surface area contributed by atoms with Gasteiger partial charge in [-0.2, -0.15) is 0 Å². The molecule has 1 aromatic rings. The normalized spacial score (nSPS) is 23.9. The number of hydrogen-bond donors (Lipinski definition) is 2. The molecule has 4 heteroatoms. The van der Waals surface area contributed by atoms with E-state index in [0.29, 0.717) is 6.54 Å². The summed E-state index contributed by atoms with van der Waals surface area (Å²) in [5, 5.41) is 3.03. The molecule has 1 fully saturated rings. The molecule has 0 saturated heterocycles. The molecule has 1 heterocycles. The van der Waals surface area contributed by atoms with Crippen LogP contribution in [0.3, 0.4) is 0 Å². The van der Waals surface area contributed by atoms with Gasteiger partial charge in [0.05, 0.1) is 12.5 Å². The lowest BCUT2D eigenvalue weighted by molar-refractivity contribution is -0.126. The first-order valence-electron chi connectivity index (χ1n) is 6.67. The van der Waals surface area contributed by atoms with Crippen LogP contribution >= 0.6 is 11.3 Å². The smallest absolute Gasteiger partial charge is 0.224 e. The van der Waals surface area contributed by atoms with Crippen LogP contribution < -0.4 is 11.1 Å². The summed E-state index contributed by atoms with van der Waals surface area (Å²) in [6.45, 7) is 4.86. The fraction of sp³-hybridized carbons (Fsp3) is 0.643. The van der Waals surface area contributed by atoms with Crippen molar-refractivity contribution < 1.29 is 4.79 Å². The summed E-state index contributed by atoms with van der Waals surface area (Å²) in [5.41, 5.74) is 7.32. The second-order valence-electron chi connectivity index (χ2n) is 5.22. The number of thiophene rings is 1. The number of hydrogen-bond acceptors (Lipinski definition) is 3. The zero-order valence-electron chi connectivity index (χ0n) is 11.2. The molecule has 1 saturated carbocycles. The minimum atomic E-state index is 0.0147. The van der Waals surface area contributed by atoms with E-state index in [1.165, 1.54) is 15.3 Å². The molecule has 100 valence electrons. The number of nitrogens with two attached hydrogens (primary N) is 1. The van der Waals surface area contributed by atoms with E-state index in [9.17, 15) is 4.79 Å². The SMILES string of the molecule is Cc1cc(CNC(=O)C2CCCCC2N)sc1C. The van der Waals surface area contributed by atoms with E-state index >= 15 is 0 Å². The monoisotopic (exact) mass is 266 g/mol. The molecule has 1 aromatic heterocycles. The molecular formula is C14H22N2OS. The van der Waals surface area contributed by atoms with Gasteiger partial charge in [-0.3, -0.25) is 4.79 Å². The average Bonchev–Trinajstić information content (AvgIpc) is 2.66. The van der Waals surface area contributed by atoms with Gasteiger partial charge in [-0.1, -0.05) is 12.8 Å². The van der Waals surface area contributed by atoms with Gasteiger partial charge in [0.25, 0.3) is 0 Å². The molecule has 1 aliphatic carbocycles. The van der Waals surface area contributed by atoms with Crippen LogP contribution in [0.2, 0.25) is 0 Å². The van der Waals surface area contributed by atoms with Crippen molar-refractivity contribution in [3.05, 3.63) is 21.4 Å². The Morgan fingerprint density at radius 2 is 2.17 bits per heavy atom. The number of rotatable bonds is 3. The van der Waals surface area contributed by atoms with Crippen LogP contribution in [0.25, 0.3) is 0 Å². The Labute approximate surface area is 113 Å². The minimum Gasteiger partial charge on any atom is -0.351 e. The lowest BCUT2D eigenvalue weighted by Gasteiger charge is -2.27. The zero-order chi connectivity index (χ0) is 13.1. The van der Waals surface area contributed by atoms with Gasteiger partial charge in [-0.15, -0.1) is 11.3 Å².